The Labute approximate surface area is 271 Å². The fraction of sp³-hybridized carbons (Fsp3) is 0.161. The number of hydrogen-bond acceptors (Lipinski definition) is 4. The van der Waals surface area contributed by atoms with Crippen LogP contribution in [0.5, 0.6) is 0 Å². The van der Waals surface area contributed by atoms with E-state index in [1.165, 1.54) is 48.3 Å². The van der Waals surface area contributed by atoms with Crippen LogP contribution in [-0.4, -0.2) is 44.8 Å². The summed E-state index contributed by atoms with van der Waals surface area (Å²) in [6.45, 7) is -0.817. The van der Waals surface area contributed by atoms with Gasteiger partial charge in [-0.2, -0.15) is 0 Å². The standard InChI is InChI=1S/C31H27Cl4N3O4S/c1-36-31(40)29(17-21-7-3-2-4-8-21)37(19-26-27(34)11-6-12-28(26)35)30(39)20-38(24-10-5-9-23(33)18-24)43(41,42)25-15-13-22(32)14-16-25/h2-16,18,29H,17,19-20H2,1H3,(H,36,40). The zero-order valence-corrected chi connectivity index (χ0v) is 26.7. The number of nitrogens with one attached hydrogen (secondary N) is 1. The molecule has 4 aromatic rings. The maximum Gasteiger partial charge on any atom is 0.264 e. The Hall–Kier alpha value is -3.27. The summed E-state index contributed by atoms with van der Waals surface area (Å²) in [5.41, 5.74) is 1.36. The smallest absolute Gasteiger partial charge is 0.264 e. The van der Waals surface area contributed by atoms with Crippen LogP contribution in [0.3, 0.4) is 0 Å². The van der Waals surface area contributed by atoms with Gasteiger partial charge in [-0.25, -0.2) is 8.42 Å². The fourth-order valence-corrected chi connectivity index (χ4v) is 6.70. The van der Waals surface area contributed by atoms with Crippen molar-refractivity contribution in [3.63, 3.8) is 0 Å². The van der Waals surface area contributed by atoms with Gasteiger partial charge in [0.1, 0.15) is 12.6 Å². The second-order valence-electron chi connectivity index (χ2n) is 9.49. The molecule has 1 N–H and O–H groups in total. The van der Waals surface area contributed by atoms with Crippen LogP contribution in [0, 0.1) is 0 Å². The highest BCUT2D eigenvalue weighted by Gasteiger charge is 2.35. The SMILES string of the molecule is CNC(=O)C(Cc1ccccc1)N(Cc1c(Cl)cccc1Cl)C(=O)CN(c1cccc(Cl)c1)S(=O)(=O)c1ccc(Cl)cc1. The number of benzene rings is 4. The molecule has 12 heteroatoms. The van der Waals surface area contributed by atoms with Crippen LogP contribution in [0.2, 0.25) is 20.1 Å². The molecule has 0 aliphatic heterocycles. The molecule has 43 heavy (non-hydrogen) atoms. The van der Waals surface area contributed by atoms with Crippen LogP contribution in [0.1, 0.15) is 11.1 Å². The molecule has 0 aliphatic rings. The molecule has 1 unspecified atom stereocenters. The minimum atomic E-state index is -4.30. The summed E-state index contributed by atoms with van der Waals surface area (Å²) in [4.78, 5) is 28.9. The molecule has 0 spiro atoms. The van der Waals surface area contributed by atoms with Gasteiger partial charge in [-0.3, -0.25) is 13.9 Å². The largest absolute Gasteiger partial charge is 0.357 e. The first-order chi connectivity index (χ1) is 20.5. The highest BCUT2D eigenvalue weighted by atomic mass is 35.5. The zero-order valence-electron chi connectivity index (χ0n) is 22.9. The number of anilines is 1. The molecule has 4 aromatic carbocycles. The minimum Gasteiger partial charge on any atom is -0.357 e. The van der Waals surface area contributed by atoms with Crippen molar-refractivity contribution in [2.24, 2.45) is 0 Å². The number of rotatable bonds is 11. The fourth-order valence-electron chi connectivity index (χ4n) is 4.47. The zero-order chi connectivity index (χ0) is 31.1. The molecular formula is C31H27Cl4N3O4S. The number of nitrogens with zero attached hydrogens (tertiary/aromatic N) is 2. The summed E-state index contributed by atoms with van der Waals surface area (Å²) in [5, 5.41) is 3.83. The van der Waals surface area contributed by atoms with E-state index >= 15 is 0 Å². The lowest BCUT2D eigenvalue weighted by Gasteiger charge is -2.34. The van der Waals surface area contributed by atoms with E-state index < -0.39 is 34.4 Å². The van der Waals surface area contributed by atoms with Crippen molar-refractivity contribution in [3.05, 3.63) is 128 Å². The minimum absolute atomic E-state index is 0.0856. The van der Waals surface area contributed by atoms with Gasteiger partial charge >= 0.3 is 0 Å². The molecule has 0 bridgehead atoms. The quantitative estimate of drug-likeness (QED) is 0.187. The van der Waals surface area contributed by atoms with Crippen molar-refractivity contribution in [3.8, 4) is 0 Å². The first-order valence-corrected chi connectivity index (χ1v) is 16.0. The maximum absolute atomic E-state index is 14.3. The molecular weight excluding hydrogens is 652 g/mol. The first-order valence-electron chi connectivity index (χ1n) is 13.0. The topological polar surface area (TPSA) is 86.8 Å². The summed E-state index contributed by atoms with van der Waals surface area (Å²) in [6.07, 6.45) is 0.148. The number of sulfonamides is 1. The Bertz CT molecular complexity index is 1680. The summed E-state index contributed by atoms with van der Waals surface area (Å²) < 4.78 is 28.9. The second-order valence-corrected chi connectivity index (χ2v) is 13.0. The summed E-state index contributed by atoms with van der Waals surface area (Å²) >= 11 is 25.2. The molecule has 7 nitrogen and oxygen atoms in total. The molecule has 0 saturated carbocycles. The molecule has 0 saturated heterocycles. The number of hydrogen-bond donors (Lipinski definition) is 1. The Morgan fingerprint density at radius 1 is 0.791 bits per heavy atom. The number of carbonyl (C=O) groups is 2. The molecule has 224 valence electrons. The van der Waals surface area contributed by atoms with Gasteiger partial charge in [-0.15, -0.1) is 0 Å². The van der Waals surface area contributed by atoms with Crippen LogP contribution in [0.4, 0.5) is 5.69 Å². The Balaban J connectivity index is 1.82. The van der Waals surface area contributed by atoms with Crippen molar-refractivity contribution in [2.45, 2.75) is 23.9 Å². The van der Waals surface area contributed by atoms with E-state index in [2.05, 4.69) is 5.32 Å². The Kier molecular flexibility index (Phi) is 11.0. The molecule has 0 fully saturated rings. The molecule has 0 radical (unpaired) electrons. The van der Waals surface area contributed by atoms with E-state index in [9.17, 15) is 18.0 Å². The third-order valence-corrected chi connectivity index (χ3v) is 9.67. The van der Waals surface area contributed by atoms with Crippen LogP contribution in [-0.2, 0) is 32.6 Å². The average Bonchev–Trinajstić information content (AvgIpc) is 2.99. The lowest BCUT2D eigenvalue weighted by atomic mass is 10.0. The molecule has 4 rings (SSSR count). The highest BCUT2D eigenvalue weighted by molar-refractivity contribution is 7.92. The van der Waals surface area contributed by atoms with E-state index in [0.29, 0.717) is 20.6 Å². The van der Waals surface area contributed by atoms with E-state index in [-0.39, 0.29) is 28.6 Å². The number of carbonyl (C=O) groups excluding carboxylic acids is 2. The van der Waals surface area contributed by atoms with Gasteiger partial charge in [-0.05, 0) is 60.2 Å². The van der Waals surface area contributed by atoms with Crippen LogP contribution >= 0.6 is 46.4 Å². The molecule has 1 atom stereocenters. The first kappa shape index (κ1) is 32.6. The van der Waals surface area contributed by atoms with Crippen molar-refractivity contribution in [2.75, 3.05) is 17.9 Å². The monoisotopic (exact) mass is 677 g/mol. The van der Waals surface area contributed by atoms with Crippen LogP contribution in [0.15, 0.2) is 102 Å². The van der Waals surface area contributed by atoms with Crippen molar-refractivity contribution in [1.82, 2.24) is 10.2 Å². The lowest BCUT2D eigenvalue weighted by molar-refractivity contribution is -0.139. The van der Waals surface area contributed by atoms with Gasteiger partial charge in [0.05, 0.1) is 10.6 Å². The van der Waals surface area contributed by atoms with Crippen molar-refractivity contribution >= 4 is 73.9 Å². The lowest BCUT2D eigenvalue weighted by Crippen LogP contribution is -2.53. The van der Waals surface area contributed by atoms with Gasteiger partial charge in [0.25, 0.3) is 10.0 Å². The van der Waals surface area contributed by atoms with Crippen LogP contribution in [0.25, 0.3) is 0 Å². The third kappa shape index (κ3) is 8.02. The molecule has 0 aromatic heterocycles. The number of halogens is 4. The van der Waals surface area contributed by atoms with Crippen LogP contribution < -0.4 is 9.62 Å². The van der Waals surface area contributed by atoms with Gasteiger partial charge in [0.15, 0.2) is 0 Å². The number of likely N-dealkylation sites (N-methyl/N-ethyl adjacent to an activating group) is 1. The summed E-state index contributed by atoms with van der Waals surface area (Å²) in [7, 11) is -2.83. The predicted octanol–water partition coefficient (Wildman–Crippen LogP) is 6.88. The van der Waals surface area contributed by atoms with Crippen molar-refractivity contribution < 1.29 is 18.0 Å². The van der Waals surface area contributed by atoms with E-state index in [1.54, 1.807) is 30.3 Å². The second kappa shape index (κ2) is 14.5. The average molecular weight is 679 g/mol. The van der Waals surface area contributed by atoms with Gasteiger partial charge in [0, 0.05) is 45.7 Å². The van der Waals surface area contributed by atoms with E-state index in [0.717, 1.165) is 9.87 Å². The Morgan fingerprint density at radius 3 is 2.02 bits per heavy atom. The normalized spacial score (nSPS) is 11.9. The molecule has 2 amide bonds. The summed E-state index contributed by atoms with van der Waals surface area (Å²) in [6, 6.07) is 24.8. The van der Waals surface area contributed by atoms with Gasteiger partial charge < -0.3 is 10.2 Å². The third-order valence-electron chi connectivity index (χ3n) is 6.68. The summed E-state index contributed by atoms with van der Waals surface area (Å²) in [5.74, 6) is -1.12. The van der Waals surface area contributed by atoms with E-state index in [1.807, 2.05) is 30.3 Å². The van der Waals surface area contributed by atoms with Gasteiger partial charge in [0.2, 0.25) is 11.8 Å². The predicted molar refractivity (Wildman–Crippen MR) is 172 cm³/mol. The highest BCUT2D eigenvalue weighted by Crippen LogP contribution is 2.30. The van der Waals surface area contributed by atoms with Crippen molar-refractivity contribution in [1.29, 1.82) is 0 Å². The van der Waals surface area contributed by atoms with E-state index in [4.69, 9.17) is 46.4 Å². The molecule has 0 heterocycles. The Morgan fingerprint density at radius 2 is 1.42 bits per heavy atom. The van der Waals surface area contributed by atoms with Gasteiger partial charge in [-0.1, -0.05) is 88.9 Å². The molecule has 0 aliphatic carbocycles. The number of amides is 2. The maximum atomic E-state index is 14.3.